The van der Waals surface area contributed by atoms with E-state index in [4.69, 9.17) is 4.74 Å². The Morgan fingerprint density at radius 2 is 2.14 bits per heavy atom. The fourth-order valence-corrected chi connectivity index (χ4v) is 3.37. The molecule has 0 saturated carbocycles. The Hall–Kier alpha value is -1.56. The number of carbonyl (C=O) groups excluding carboxylic acids is 2. The van der Waals surface area contributed by atoms with Crippen molar-refractivity contribution in [3.05, 3.63) is 27.7 Å². The number of nitrogens with one attached hydrogen (secondary N) is 1. The average Bonchev–Trinajstić information content (AvgIpc) is 2.87. The third kappa shape index (κ3) is 2.41. The Bertz CT molecular complexity index is 628. The molecule has 0 atom stereocenters. The van der Waals surface area contributed by atoms with E-state index >= 15 is 0 Å². The van der Waals surface area contributed by atoms with Crippen molar-refractivity contribution >= 4 is 27.7 Å². The van der Waals surface area contributed by atoms with Crippen molar-refractivity contribution < 1.29 is 14.3 Å². The molecule has 0 spiro atoms. The van der Waals surface area contributed by atoms with Crippen LogP contribution in [0.15, 0.2) is 16.6 Å². The predicted molar refractivity (Wildman–Crippen MR) is 81.0 cm³/mol. The molecule has 0 radical (unpaired) electrons. The lowest BCUT2D eigenvalue weighted by molar-refractivity contribution is -0.152. The zero-order valence-electron chi connectivity index (χ0n) is 12.0. The lowest BCUT2D eigenvalue weighted by atomic mass is 9.97. The van der Waals surface area contributed by atoms with E-state index in [1.807, 2.05) is 12.1 Å². The fourth-order valence-electron chi connectivity index (χ4n) is 2.82. The quantitative estimate of drug-likeness (QED) is 0.879. The highest BCUT2D eigenvalue weighted by atomic mass is 79.9. The second-order valence-electron chi connectivity index (χ2n) is 5.87. The van der Waals surface area contributed by atoms with Crippen LogP contribution in [0, 0.1) is 0 Å². The molecule has 1 aromatic rings. The summed E-state index contributed by atoms with van der Waals surface area (Å²) in [6, 6.07) is 4.00. The summed E-state index contributed by atoms with van der Waals surface area (Å²) in [7, 11) is 0. The number of fused-ring (bicyclic) bond motifs is 1. The minimum absolute atomic E-state index is 0.0549. The van der Waals surface area contributed by atoms with Crippen LogP contribution < -0.4 is 10.1 Å². The van der Waals surface area contributed by atoms with Crippen LogP contribution in [-0.2, 0) is 22.6 Å². The van der Waals surface area contributed by atoms with Gasteiger partial charge in [-0.3, -0.25) is 9.59 Å². The number of halogens is 1. The highest BCUT2D eigenvalue weighted by molar-refractivity contribution is 9.10. The second-order valence-corrected chi connectivity index (χ2v) is 6.79. The van der Waals surface area contributed by atoms with Crippen molar-refractivity contribution in [2.24, 2.45) is 0 Å². The minimum Gasteiger partial charge on any atom is -0.493 e. The van der Waals surface area contributed by atoms with Crippen LogP contribution in [0.5, 0.6) is 5.75 Å². The van der Waals surface area contributed by atoms with Gasteiger partial charge in [0.25, 0.3) is 0 Å². The number of benzene rings is 1. The molecule has 6 heteroatoms. The van der Waals surface area contributed by atoms with Gasteiger partial charge >= 0.3 is 0 Å². The van der Waals surface area contributed by atoms with Crippen LogP contribution in [0.25, 0.3) is 0 Å². The highest BCUT2D eigenvalue weighted by Crippen LogP contribution is 2.35. The molecule has 0 aromatic heterocycles. The molecule has 2 aliphatic heterocycles. The number of carbonyl (C=O) groups is 2. The van der Waals surface area contributed by atoms with Gasteiger partial charge in [-0.05, 0) is 31.5 Å². The number of nitrogens with zero attached hydrogens (tertiary/aromatic N) is 1. The molecule has 1 N–H and O–H groups in total. The standard InChI is InChI=1S/C15H17BrN2O3/c1-15(2)14(20)17-7-12(19)18(15)8-10-6-11(16)5-9-3-4-21-13(9)10/h5-6H,3-4,7-8H2,1-2H3,(H,17,20). The molecule has 2 amide bonds. The van der Waals surface area contributed by atoms with E-state index in [1.54, 1.807) is 18.7 Å². The first-order chi connectivity index (χ1) is 9.89. The number of piperazine rings is 1. The summed E-state index contributed by atoms with van der Waals surface area (Å²) >= 11 is 3.50. The van der Waals surface area contributed by atoms with Gasteiger partial charge in [0.05, 0.1) is 19.7 Å². The van der Waals surface area contributed by atoms with Gasteiger partial charge in [-0.25, -0.2) is 0 Å². The zero-order valence-corrected chi connectivity index (χ0v) is 13.6. The van der Waals surface area contributed by atoms with E-state index in [1.165, 1.54) is 0 Å². The summed E-state index contributed by atoms with van der Waals surface area (Å²) in [5, 5.41) is 2.63. The molecular weight excluding hydrogens is 336 g/mol. The third-order valence-corrected chi connectivity index (χ3v) is 4.54. The van der Waals surface area contributed by atoms with Crippen LogP contribution in [0.4, 0.5) is 0 Å². The number of ether oxygens (including phenoxy) is 1. The first-order valence-corrected chi connectivity index (χ1v) is 7.72. The number of hydrogen-bond acceptors (Lipinski definition) is 3. The third-order valence-electron chi connectivity index (χ3n) is 4.09. The van der Waals surface area contributed by atoms with Gasteiger partial charge in [-0.15, -0.1) is 0 Å². The molecule has 1 aromatic carbocycles. The second kappa shape index (κ2) is 5.02. The smallest absolute Gasteiger partial charge is 0.245 e. The number of amides is 2. The molecule has 5 nitrogen and oxygen atoms in total. The van der Waals surface area contributed by atoms with Crippen molar-refractivity contribution in [3.8, 4) is 5.75 Å². The number of hydrogen-bond donors (Lipinski definition) is 1. The topological polar surface area (TPSA) is 58.6 Å². The summed E-state index contributed by atoms with van der Waals surface area (Å²) in [5.74, 6) is 0.647. The molecule has 21 heavy (non-hydrogen) atoms. The largest absolute Gasteiger partial charge is 0.493 e. The maximum absolute atomic E-state index is 12.2. The van der Waals surface area contributed by atoms with E-state index in [0.29, 0.717) is 13.2 Å². The Morgan fingerprint density at radius 1 is 1.38 bits per heavy atom. The van der Waals surface area contributed by atoms with Crippen LogP contribution in [0.2, 0.25) is 0 Å². The van der Waals surface area contributed by atoms with Crippen LogP contribution >= 0.6 is 15.9 Å². The Kier molecular flexibility index (Phi) is 3.43. The maximum atomic E-state index is 12.2. The van der Waals surface area contributed by atoms with E-state index in [-0.39, 0.29) is 18.4 Å². The van der Waals surface area contributed by atoms with Crippen LogP contribution in [-0.4, -0.2) is 35.4 Å². The maximum Gasteiger partial charge on any atom is 0.245 e. The Balaban J connectivity index is 1.96. The van der Waals surface area contributed by atoms with E-state index in [2.05, 4.69) is 21.2 Å². The molecule has 0 bridgehead atoms. The summed E-state index contributed by atoms with van der Waals surface area (Å²) in [6.07, 6.45) is 0.875. The van der Waals surface area contributed by atoms with Crippen molar-refractivity contribution in [1.29, 1.82) is 0 Å². The molecule has 2 heterocycles. The van der Waals surface area contributed by atoms with Crippen molar-refractivity contribution in [2.45, 2.75) is 32.4 Å². The van der Waals surface area contributed by atoms with Gasteiger partial charge in [-0.1, -0.05) is 15.9 Å². The molecule has 1 fully saturated rings. The normalized spacial score (nSPS) is 20.0. The first kappa shape index (κ1) is 14.4. The minimum atomic E-state index is -0.858. The summed E-state index contributed by atoms with van der Waals surface area (Å²) in [6.45, 7) is 4.62. The van der Waals surface area contributed by atoms with E-state index < -0.39 is 5.54 Å². The molecule has 0 aliphatic carbocycles. The van der Waals surface area contributed by atoms with Crippen molar-refractivity contribution in [1.82, 2.24) is 10.2 Å². The van der Waals surface area contributed by atoms with Crippen molar-refractivity contribution in [3.63, 3.8) is 0 Å². The van der Waals surface area contributed by atoms with Gasteiger partial charge in [0.1, 0.15) is 11.3 Å². The van der Waals surface area contributed by atoms with Crippen molar-refractivity contribution in [2.75, 3.05) is 13.2 Å². The predicted octanol–water partition coefficient (Wildman–Crippen LogP) is 1.62. The van der Waals surface area contributed by atoms with E-state index in [9.17, 15) is 9.59 Å². The molecule has 112 valence electrons. The lowest BCUT2D eigenvalue weighted by Crippen LogP contribution is -2.63. The monoisotopic (exact) mass is 352 g/mol. The average molecular weight is 353 g/mol. The fraction of sp³-hybridized carbons (Fsp3) is 0.467. The molecule has 0 unspecified atom stereocenters. The Labute approximate surface area is 131 Å². The van der Waals surface area contributed by atoms with Crippen LogP contribution in [0.3, 0.4) is 0 Å². The van der Waals surface area contributed by atoms with Gasteiger partial charge in [0.2, 0.25) is 11.8 Å². The van der Waals surface area contributed by atoms with Gasteiger partial charge < -0.3 is 15.0 Å². The highest BCUT2D eigenvalue weighted by Gasteiger charge is 2.42. The number of rotatable bonds is 2. The van der Waals surface area contributed by atoms with Gasteiger partial charge in [0.15, 0.2) is 0 Å². The van der Waals surface area contributed by atoms with E-state index in [0.717, 1.165) is 27.8 Å². The molecule has 2 aliphatic rings. The first-order valence-electron chi connectivity index (χ1n) is 6.92. The summed E-state index contributed by atoms with van der Waals surface area (Å²) in [5.41, 5.74) is 1.22. The van der Waals surface area contributed by atoms with Gasteiger partial charge in [0, 0.05) is 16.5 Å². The Morgan fingerprint density at radius 3 is 2.90 bits per heavy atom. The van der Waals surface area contributed by atoms with Crippen LogP contribution in [0.1, 0.15) is 25.0 Å². The molecular formula is C15H17BrN2O3. The van der Waals surface area contributed by atoms with Gasteiger partial charge in [-0.2, -0.15) is 0 Å². The molecule has 3 rings (SSSR count). The molecule has 1 saturated heterocycles. The summed E-state index contributed by atoms with van der Waals surface area (Å²) < 4.78 is 6.66. The SMILES string of the molecule is CC1(C)C(=O)NCC(=O)N1Cc1cc(Br)cc2c1OCC2. The lowest BCUT2D eigenvalue weighted by Gasteiger charge is -2.41. The summed E-state index contributed by atoms with van der Waals surface area (Å²) in [4.78, 5) is 25.8. The zero-order chi connectivity index (χ0) is 15.2.